The molecule has 15 heavy (non-hydrogen) atoms. The van der Waals surface area contributed by atoms with Crippen LogP contribution in [0.4, 0.5) is 0 Å². The van der Waals surface area contributed by atoms with Crippen molar-refractivity contribution in [2.75, 3.05) is 0 Å². The van der Waals surface area contributed by atoms with E-state index in [0.717, 1.165) is 4.90 Å². The minimum atomic E-state index is -0.231. The Morgan fingerprint density at radius 2 is 2.27 bits per heavy atom. The van der Waals surface area contributed by atoms with Gasteiger partial charge in [-0.3, -0.25) is 4.79 Å². The second-order valence-electron chi connectivity index (χ2n) is 2.82. The van der Waals surface area contributed by atoms with Crippen molar-refractivity contribution in [2.45, 2.75) is 9.92 Å². The highest BCUT2D eigenvalue weighted by molar-refractivity contribution is 7.99. The Morgan fingerprint density at radius 3 is 3.00 bits per heavy atom. The highest BCUT2D eigenvalue weighted by Crippen LogP contribution is 2.25. The van der Waals surface area contributed by atoms with Gasteiger partial charge in [-0.05, 0) is 18.2 Å². The van der Waals surface area contributed by atoms with Gasteiger partial charge >= 0.3 is 0 Å². The third kappa shape index (κ3) is 2.38. The van der Waals surface area contributed by atoms with Crippen molar-refractivity contribution in [3.05, 3.63) is 47.0 Å². The first-order valence-corrected chi connectivity index (χ1v) is 5.08. The van der Waals surface area contributed by atoms with E-state index >= 15 is 0 Å². The zero-order valence-electron chi connectivity index (χ0n) is 7.68. The third-order valence-electron chi connectivity index (χ3n) is 1.71. The average Bonchev–Trinajstić information content (AvgIpc) is 2.22. The fraction of sp³-hybridized carbons (Fsp3) is 0. The molecule has 0 aliphatic rings. The summed E-state index contributed by atoms with van der Waals surface area (Å²) in [6.45, 7) is 0. The summed E-state index contributed by atoms with van der Waals surface area (Å²) < 4.78 is 0. The minimum absolute atomic E-state index is 0.173. The summed E-state index contributed by atoms with van der Waals surface area (Å²) in [5, 5.41) is 9.60. The lowest BCUT2D eigenvalue weighted by molar-refractivity contribution is 0.474. The molecular formula is C10H8N2O2S. The van der Waals surface area contributed by atoms with Crippen LogP contribution in [-0.2, 0) is 0 Å². The third-order valence-corrected chi connectivity index (χ3v) is 2.68. The Kier molecular flexibility index (Phi) is 2.73. The van der Waals surface area contributed by atoms with Gasteiger partial charge < -0.3 is 10.1 Å². The summed E-state index contributed by atoms with van der Waals surface area (Å²) in [6, 6.07) is 6.68. The zero-order chi connectivity index (χ0) is 10.7. The molecule has 0 saturated heterocycles. The maximum atomic E-state index is 11.3. The first kappa shape index (κ1) is 9.79. The van der Waals surface area contributed by atoms with Gasteiger partial charge in [0, 0.05) is 17.3 Å². The van der Waals surface area contributed by atoms with Gasteiger partial charge in [0.1, 0.15) is 5.75 Å². The average molecular weight is 220 g/mol. The van der Waals surface area contributed by atoms with E-state index in [1.165, 1.54) is 24.2 Å². The van der Waals surface area contributed by atoms with E-state index in [-0.39, 0.29) is 11.3 Å². The number of aromatic nitrogens is 2. The zero-order valence-corrected chi connectivity index (χ0v) is 8.49. The number of nitrogens with zero attached hydrogens (tertiary/aromatic N) is 1. The van der Waals surface area contributed by atoms with Gasteiger partial charge in [-0.1, -0.05) is 17.8 Å². The van der Waals surface area contributed by atoms with Gasteiger partial charge in [-0.25, -0.2) is 4.98 Å². The summed E-state index contributed by atoms with van der Waals surface area (Å²) in [7, 11) is 0. The number of hydrogen-bond donors (Lipinski definition) is 2. The molecule has 0 aliphatic carbocycles. The summed E-state index contributed by atoms with van der Waals surface area (Å²) >= 11 is 1.21. The predicted molar refractivity (Wildman–Crippen MR) is 57.1 cm³/mol. The molecule has 4 nitrogen and oxygen atoms in total. The standard InChI is InChI=1S/C10H8N2O2S/c13-7-2-1-3-8(6-7)15-10-9(14)11-4-5-12-10/h1-6,13H,(H,11,14). The number of benzene rings is 1. The molecule has 0 saturated carbocycles. The Balaban J connectivity index is 2.30. The summed E-state index contributed by atoms with van der Waals surface area (Å²) in [4.78, 5) is 18.6. The molecule has 2 aromatic rings. The van der Waals surface area contributed by atoms with Crippen molar-refractivity contribution >= 4 is 11.8 Å². The quantitative estimate of drug-likeness (QED) is 0.807. The van der Waals surface area contributed by atoms with E-state index < -0.39 is 0 Å². The number of rotatable bonds is 2. The van der Waals surface area contributed by atoms with Crippen LogP contribution in [0.2, 0.25) is 0 Å². The van der Waals surface area contributed by atoms with E-state index in [1.807, 2.05) is 0 Å². The Morgan fingerprint density at radius 1 is 1.40 bits per heavy atom. The normalized spacial score (nSPS) is 10.1. The van der Waals surface area contributed by atoms with Crippen LogP contribution in [-0.4, -0.2) is 15.1 Å². The van der Waals surface area contributed by atoms with Crippen LogP contribution in [0.3, 0.4) is 0 Å². The molecule has 0 radical (unpaired) electrons. The van der Waals surface area contributed by atoms with E-state index in [2.05, 4.69) is 9.97 Å². The molecule has 0 unspecified atom stereocenters. The van der Waals surface area contributed by atoms with Crippen LogP contribution in [0.1, 0.15) is 0 Å². The van der Waals surface area contributed by atoms with Crippen molar-refractivity contribution in [3.63, 3.8) is 0 Å². The van der Waals surface area contributed by atoms with Crippen LogP contribution >= 0.6 is 11.8 Å². The van der Waals surface area contributed by atoms with Crippen molar-refractivity contribution in [1.82, 2.24) is 9.97 Å². The number of phenolic OH excluding ortho intramolecular Hbond substituents is 1. The van der Waals surface area contributed by atoms with Gasteiger partial charge in [-0.2, -0.15) is 0 Å². The van der Waals surface area contributed by atoms with Gasteiger partial charge in [0.2, 0.25) is 0 Å². The Hall–Kier alpha value is -1.75. The highest BCUT2D eigenvalue weighted by atomic mass is 32.2. The fourth-order valence-corrected chi connectivity index (χ4v) is 1.88. The van der Waals surface area contributed by atoms with Crippen molar-refractivity contribution < 1.29 is 5.11 Å². The second kappa shape index (κ2) is 4.18. The van der Waals surface area contributed by atoms with Crippen LogP contribution in [0.5, 0.6) is 5.75 Å². The van der Waals surface area contributed by atoms with E-state index in [0.29, 0.717) is 5.03 Å². The lowest BCUT2D eigenvalue weighted by atomic mass is 10.3. The monoisotopic (exact) mass is 220 g/mol. The molecule has 0 fully saturated rings. The minimum Gasteiger partial charge on any atom is -0.508 e. The van der Waals surface area contributed by atoms with Gasteiger partial charge in [0.25, 0.3) is 5.56 Å². The molecule has 0 bridgehead atoms. The number of hydrogen-bond acceptors (Lipinski definition) is 4. The molecule has 0 amide bonds. The molecule has 0 atom stereocenters. The van der Waals surface area contributed by atoms with E-state index in [1.54, 1.807) is 24.3 Å². The maximum absolute atomic E-state index is 11.3. The van der Waals surface area contributed by atoms with Crippen LogP contribution in [0.25, 0.3) is 0 Å². The summed E-state index contributed by atoms with van der Waals surface area (Å²) in [5.41, 5.74) is -0.231. The van der Waals surface area contributed by atoms with Crippen molar-refractivity contribution in [1.29, 1.82) is 0 Å². The molecular weight excluding hydrogens is 212 g/mol. The predicted octanol–water partition coefficient (Wildman–Crippen LogP) is 1.63. The molecule has 5 heteroatoms. The molecule has 1 aromatic heterocycles. The topological polar surface area (TPSA) is 66.0 Å². The summed E-state index contributed by atoms with van der Waals surface area (Å²) in [5.74, 6) is 0.173. The van der Waals surface area contributed by atoms with Crippen LogP contribution < -0.4 is 5.56 Å². The molecule has 0 spiro atoms. The lowest BCUT2D eigenvalue weighted by Gasteiger charge is -1.99. The lowest BCUT2D eigenvalue weighted by Crippen LogP contribution is -2.08. The van der Waals surface area contributed by atoms with Crippen molar-refractivity contribution in [3.8, 4) is 5.75 Å². The number of aromatic amines is 1. The number of aromatic hydroxyl groups is 1. The number of nitrogens with one attached hydrogen (secondary N) is 1. The van der Waals surface area contributed by atoms with E-state index in [4.69, 9.17) is 0 Å². The molecule has 2 rings (SSSR count). The molecule has 76 valence electrons. The van der Waals surface area contributed by atoms with Crippen molar-refractivity contribution in [2.24, 2.45) is 0 Å². The first-order chi connectivity index (χ1) is 7.25. The summed E-state index contributed by atoms with van der Waals surface area (Å²) in [6.07, 6.45) is 3.00. The van der Waals surface area contributed by atoms with E-state index in [9.17, 15) is 9.90 Å². The maximum Gasteiger partial charge on any atom is 0.280 e. The first-order valence-electron chi connectivity index (χ1n) is 4.26. The van der Waals surface area contributed by atoms with Crippen LogP contribution in [0, 0.1) is 0 Å². The second-order valence-corrected chi connectivity index (χ2v) is 3.89. The highest BCUT2D eigenvalue weighted by Gasteiger charge is 2.03. The molecule has 2 N–H and O–H groups in total. The van der Waals surface area contributed by atoms with Crippen LogP contribution in [0.15, 0.2) is 51.4 Å². The number of phenols is 1. The fourth-order valence-electron chi connectivity index (χ4n) is 1.07. The Bertz CT molecular complexity index is 525. The van der Waals surface area contributed by atoms with Gasteiger partial charge in [0.05, 0.1) is 0 Å². The van der Waals surface area contributed by atoms with Gasteiger partial charge in [-0.15, -0.1) is 0 Å². The molecule has 1 heterocycles. The SMILES string of the molecule is O=c1[nH]ccnc1Sc1cccc(O)c1. The smallest absolute Gasteiger partial charge is 0.280 e. The van der Waals surface area contributed by atoms with Gasteiger partial charge in [0.15, 0.2) is 5.03 Å². The number of H-pyrrole nitrogens is 1. The Labute approximate surface area is 90.0 Å². The largest absolute Gasteiger partial charge is 0.508 e. The molecule has 0 aliphatic heterocycles. The molecule has 1 aromatic carbocycles.